The summed E-state index contributed by atoms with van der Waals surface area (Å²) in [5.74, 6) is 1.57. The van der Waals surface area contributed by atoms with Crippen LogP contribution in [0.15, 0.2) is 0 Å². The third-order valence-electron chi connectivity index (χ3n) is 5.00. The quantitative estimate of drug-likeness (QED) is 0.829. The third kappa shape index (κ3) is 4.44. The molecule has 4 atom stereocenters. The number of rotatable bonds is 5. The minimum absolute atomic E-state index is 0.655. The van der Waals surface area contributed by atoms with Crippen LogP contribution in [0.5, 0.6) is 0 Å². The van der Waals surface area contributed by atoms with Crippen LogP contribution in [-0.4, -0.2) is 50.3 Å². The first-order chi connectivity index (χ1) is 9.20. The first-order valence-electron chi connectivity index (χ1n) is 8.22. The van der Waals surface area contributed by atoms with Crippen LogP contribution < -0.4 is 5.32 Å². The van der Waals surface area contributed by atoms with Crippen LogP contribution in [0.25, 0.3) is 0 Å². The molecule has 0 aromatic carbocycles. The highest BCUT2D eigenvalue weighted by Gasteiger charge is 2.29. The van der Waals surface area contributed by atoms with Crippen LogP contribution in [-0.2, 0) is 4.74 Å². The van der Waals surface area contributed by atoms with Crippen molar-refractivity contribution in [2.24, 2.45) is 11.8 Å². The van der Waals surface area contributed by atoms with Crippen LogP contribution in [0, 0.1) is 11.8 Å². The zero-order valence-electron chi connectivity index (χ0n) is 13.0. The van der Waals surface area contributed by atoms with Gasteiger partial charge < -0.3 is 15.0 Å². The first kappa shape index (κ1) is 15.3. The molecule has 2 rings (SSSR count). The van der Waals surface area contributed by atoms with E-state index in [1.807, 2.05) is 0 Å². The molecule has 3 nitrogen and oxygen atoms in total. The summed E-state index contributed by atoms with van der Waals surface area (Å²) in [7, 11) is 2.32. The van der Waals surface area contributed by atoms with Crippen molar-refractivity contribution in [2.75, 3.05) is 33.4 Å². The Balaban J connectivity index is 1.83. The Morgan fingerprint density at radius 2 is 2.11 bits per heavy atom. The number of hydrogen-bond donors (Lipinski definition) is 1. The van der Waals surface area contributed by atoms with Gasteiger partial charge in [-0.3, -0.25) is 0 Å². The Hall–Kier alpha value is -0.120. The van der Waals surface area contributed by atoms with E-state index in [0.717, 1.165) is 31.7 Å². The van der Waals surface area contributed by atoms with Crippen molar-refractivity contribution in [1.29, 1.82) is 0 Å². The van der Waals surface area contributed by atoms with Crippen molar-refractivity contribution in [2.45, 2.75) is 58.0 Å². The van der Waals surface area contributed by atoms with E-state index in [1.54, 1.807) is 0 Å². The average Bonchev–Trinajstić information content (AvgIpc) is 2.41. The standard InChI is InChI=1S/C16H32N2O/c1-4-17-16-8-9-19-12-14(16)11-18(3)15-7-5-6-13(2)10-15/h13-17H,4-12H2,1-3H3. The molecule has 0 spiro atoms. The van der Waals surface area contributed by atoms with Crippen molar-refractivity contribution in [3.63, 3.8) is 0 Å². The normalized spacial score (nSPS) is 36.6. The third-order valence-corrected chi connectivity index (χ3v) is 5.00. The molecule has 1 N–H and O–H groups in total. The Morgan fingerprint density at radius 1 is 1.26 bits per heavy atom. The second kappa shape index (κ2) is 7.61. The molecule has 0 aromatic heterocycles. The summed E-state index contributed by atoms with van der Waals surface area (Å²) in [4.78, 5) is 2.61. The maximum Gasteiger partial charge on any atom is 0.0521 e. The molecule has 1 saturated carbocycles. The van der Waals surface area contributed by atoms with Gasteiger partial charge in [0, 0.05) is 31.2 Å². The highest BCUT2D eigenvalue weighted by molar-refractivity contribution is 4.84. The van der Waals surface area contributed by atoms with E-state index in [9.17, 15) is 0 Å². The van der Waals surface area contributed by atoms with Crippen LogP contribution in [0.2, 0.25) is 0 Å². The molecule has 2 fully saturated rings. The maximum absolute atomic E-state index is 5.70. The fraction of sp³-hybridized carbons (Fsp3) is 1.00. The van der Waals surface area contributed by atoms with Gasteiger partial charge in [0.15, 0.2) is 0 Å². The molecule has 112 valence electrons. The van der Waals surface area contributed by atoms with Crippen LogP contribution in [0.3, 0.4) is 0 Å². The topological polar surface area (TPSA) is 24.5 Å². The van der Waals surface area contributed by atoms with Crippen molar-refractivity contribution in [3.8, 4) is 0 Å². The van der Waals surface area contributed by atoms with Gasteiger partial charge in [-0.1, -0.05) is 26.7 Å². The van der Waals surface area contributed by atoms with E-state index >= 15 is 0 Å². The van der Waals surface area contributed by atoms with Gasteiger partial charge in [-0.15, -0.1) is 0 Å². The molecule has 2 aliphatic rings. The highest BCUT2D eigenvalue weighted by atomic mass is 16.5. The van der Waals surface area contributed by atoms with E-state index < -0.39 is 0 Å². The monoisotopic (exact) mass is 268 g/mol. The first-order valence-corrected chi connectivity index (χ1v) is 8.22. The van der Waals surface area contributed by atoms with Gasteiger partial charge in [0.2, 0.25) is 0 Å². The van der Waals surface area contributed by atoms with E-state index in [2.05, 4.69) is 31.1 Å². The molecule has 0 radical (unpaired) electrons. The molecule has 1 saturated heterocycles. The van der Waals surface area contributed by atoms with Crippen molar-refractivity contribution >= 4 is 0 Å². The second-order valence-corrected chi connectivity index (χ2v) is 6.65. The van der Waals surface area contributed by atoms with Gasteiger partial charge >= 0.3 is 0 Å². The van der Waals surface area contributed by atoms with E-state index in [0.29, 0.717) is 12.0 Å². The molecule has 1 aliphatic heterocycles. The van der Waals surface area contributed by atoms with Gasteiger partial charge in [0.05, 0.1) is 6.61 Å². The predicted molar refractivity (Wildman–Crippen MR) is 80.4 cm³/mol. The summed E-state index contributed by atoms with van der Waals surface area (Å²) in [6.45, 7) is 8.74. The lowest BCUT2D eigenvalue weighted by Gasteiger charge is -2.39. The molecule has 0 amide bonds. The number of nitrogens with zero attached hydrogens (tertiary/aromatic N) is 1. The number of nitrogens with one attached hydrogen (secondary N) is 1. The van der Waals surface area contributed by atoms with Gasteiger partial charge in [0.1, 0.15) is 0 Å². The molecule has 3 heteroatoms. The minimum Gasteiger partial charge on any atom is -0.381 e. The molecule has 4 unspecified atom stereocenters. The SMILES string of the molecule is CCNC1CCOCC1CN(C)C1CCCC(C)C1. The average molecular weight is 268 g/mol. The Bertz CT molecular complexity index is 257. The highest BCUT2D eigenvalue weighted by Crippen LogP contribution is 2.28. The molecule has 0 aromatic rings. The van der Waals surface area contributed by atoms with Crippen molar-refractivity contribution < 1.29 is 4.74 Å². The van der Waals surface area contributed by atoms with Crippen LogP contribution in [0.1, 0.15) is 46.0 Å². The summed E-state index contributed by atoms with van der Waals surface area (Å²) in [5, 5.41) is 3.64. The summed E-state index contributed by atoms with van der Waals surface area (Å²) < 4.78 is 5.70. The summed E-state index contributed by atoms with van der Waals surface area (Å²) in [6, 6.07) is 1.45. The fourth-order valence-electron chi connectivity index (χ4n) is 3.83. The number of ether oxygens (including phenoxy) is 1. The Morgan fingerprint density at radius 3 is 2.84 bits per heavy atom. The number of hydrogen-bond acceptors (Lipinski definition) is 3. The summed E-state index contributed by atoms with van der Waals surface area (Å²) in [5.41, 5.74) is 0. The Kier molecular flexibility index (Phi) is 6.11. The summed E-state index contributed by atoms with van der Waals surface area (Å²) in [6.07, 6.45) is 6.79. The van der Waals surface area contributed by atoms with Gasteiger partial charge in [-0.2, -0.15) is 0 Å². The Labute approximate surface area is 119 Å². The molecular weight excluding hydrogens is 236 g/mol. The fourth-order valence-corrected chi connectivity index (χ4v) is 3.83. The molecular formula is C16H32N2O. The van der Waals surface area contributed by atoms with Crippen LogP contribution >= 0.6 is 0 Å². The van der Waals surface area contributed by atoms with Crippen LogP contribution in [0.4, 0.5) is 0 Å². The van der Waals surface area contributed by atoms with Crippen molar-refractivity contribution in [3.05, 3.63) is 0 Å². The second-order valence-electron chi connectivity index (χ2n) is 6.65. The smallest absolute Gasteiger partial charge is 0.0521 e. The van der Waals surface area contributed by atoms with Gasteiger partial charge in [0.25, 0.3) is 0 Å². The van der Waals surface area contributed by atoms with E-state index in [1.165, 1.54) is 38.6 Å². The molecule has 1 aliphatic carbocycles. The predicted octanol–water partition coefficient (Wildman–Crippen LogP) is 2.51. The van der Waals surface area contributed by atoms with Gasteiger partial charge in [-0.25, -0.2) is 0 Å². The zero-order chi connectivity index (χ0) is 13.7. The summed E-state index contributed by atoms with van der Waals surface area (Å²) >= 11 is 0. The zero-order valence-corrected chi connectivity index (χ0v) is 13.0. The van der Waals surface area contributed by atoms with E-state index in [-0.39, 0.29) is 0 Å². The molecule has 19 heavy (non-hydrogen) atoms. The van der Waals surface area contributed by atoms with E-state index in [4.69, 9.17) is 4.74 Å². The largest absolute Gasteiger partial charge is 0.381 e. The lowest BCUT2D eigenvalue weighted by atomic mass is 9.85. The van der Waals surface area contributed by atoms with Crippen molar-refractivity contribution in [1.82, 2.24) is 10.2 Å². The minimum atomic E-state index is 0.655. The van der Waals surface area contributed by atoms with Gasteiger partial charge in [-0.05, 0) is 38.8 Å². The maximum atomic E-state index is 5.70. The lowest BCUT2D eigenvalue weighted by molar-refractivity contribution is 0.0109. The lowest BCUT2D eigenvalue weighted by Crippen LogP contribution is -2.49. The molecule has 1 heterocycles. The molecule has 0 bridgehead atoms.